The van der Waals surface area contributed by atoms with E-state index in [9.17, 15) is 0 Å². The summed E-state index contributed by atoms with van der Waals surface area (Å²) < 4.78 is 4.36. The van der Waals surface area contributed by atoms with Crippen molar-refractivity contribution in [3.8, 4) is 0 Å². The molecule has 1 aliphatic carbocycles. The second kappa shape index (κ2) is 7.07. The molecule has 0 amide bonds. The van der Waals surface area contributed by atoms with Gasteiger partial charge in [0.25, 0.3) is 0 Å². The molecule has 0 aliphatic heterocycles. The molecular weight excluding hydrogens is 242 g/mol. The Morgan fingerprint density at radius 2 is 1.89 bits per heavy atom. The molecule has 1 aromatic rings. The van der Waals surface area contributed by atoms with Crippen LogP contribution in [0.25, 0.3) is 0 Å². The predicted molar refractivity (Wildman–Crippen MR) is 78.1 cm³/mol. The molecule has 3 nitrogen and oxygen atoms in total. The Balaban J connectivity index is 1.71. The lowest BCUT2D eigenvalue weighted by atomic mass is 9.81. The van der Waals surface area contributed by atoms with Gasteiger partial charge in [0, 0.05) is 24.5 Å². The van der Waals surface area contributed by atoms with Gasteiger partial charge in [-0.3, -0.25) is 0 Å². The summed E-state index contributed by atoms with van der Waals surface area (Å²) >= 11 is 1.51. The SMILES string of the molecule is CCCc1nsc(NCC2CCC(CC)CC2)n1. The number of rotatable bonds is 6. The lowest BCUT2D eigenvalue weighted by molar-refractivity contribution is 0.278. The standard InChI is InChI=1S/C14H25N3S/c1-3-5-13-16-14(18-17-13)15-10-12-8-6-11(4-2)7-9-12/h11-12H,3-10H2,1-2H3,(H,15,16,17). The van der Waals surface area contributed by atoms with Crippen LogP contribution in [-0.2, 0) is 6.42 Å². The molecule has 1 fully saturated rings. The monoisotopic (exact) mass is 267 g/mol. The van der Waals surface area contributed by atoms with Gasteiger partial charge in [0.2, 0.25) is 5.13 Å². The number of nitrogens with zero attached hydrogens (tertiary/aromatic N) is 2. The fraction of sp³-hybridized carbons (Fsp3) is 0.857. The topological polar surface area (TPSA) is 37.8 Å². The predicted octanol–water partition coefficient (Wildman–Crippen LogP) is 4.12. The molecule has 4 heteroatoms. The van der Waals surface area contributed by atoms with E-state index < -0.39 is 0 Å². The van der Waals surface area contributed by atoms with Gasteiger partial charge in [-0.15, -0.1) is 0 Å². The maximum Gasteiger partial charge on any atom is 0.202 e. The van der Waals surface area contributed by atoms with Gasteiger partial charge in [-0.2, -0.15) is 4.37 Å². The number of anilines is 1. The van der Waals surface area contributed by atoms with Crippen molar-refractivity contribution in [3.63, 3.8) is 0 Å². The van der Waals surface area contributed by atoms with Crippen molar-refractivity contribution in [1.82, 2.24) is 9.36 Å². The Labute approximate surface area is 115 Å². The smallest absolute Gasteiger partial charge is 0.202 e. The van der Waals surface area contributed by atoms with Gasteiger partial charge in [-0.25, -0.2) is 4.98 Å². The molecule has 0 saturated heterocycles. The van der Waals surface area contributed by atoms with Crippen LogP contribution in [0.2, 0.25) is 0 Å². The zero-order valence-corrected chi connectivity index (χ0v) is 12.4. The van der Waals surface area contributed by atoms with E-state index in [0.717, 1.165) is 42.2 Å². The van der Waals surface area contributed by atoms with Crippen molar-refractivity contribution in [2.45, 2.75) is 58.8 Å². The fourth-order valence-electron chi connectivity index (χ4n) is 2.73. The maximum atomic E-state index is 4.51. The van der Waals surface area contributed by atoms with Crippen molar-refractivity contribution in [1.29, 1.82) is 0 Å². The van der Waals surface area contributed by atoms with E-state index in [2.05, 4.69) is 28.5 Å². The first kappa shape index (κ1) is 13.8. The summed E-state index contributed by atoms with van der Waals surface area (Å²) in [6.07, 6.45) is 9.08. The molecule has 1 aliphatic rings. The highest BCUT2D eigenvalue weighted by Gasteiger charge is 2.19. The van der Waals surface area contributed by atoms with E-state index >= 15 is 0 Å². The number of nitrogens with one attached hydrogen (secondary N) is 1. The summed E-state index contributed by atoms with van der Waals surface area (Å²) in [5.74, 6) is 2.82. The molecule has 0 spiro atoms. The summed E-state index contributed by atoms with van der Waals surface area (Å²) in [7, 11) is 0. The van der Waals surface area contributed by atoms with Gasteiger partial charge >= 0.3 is 0 Å². The molecule has 0 aromatic carbocycles. The highest BCUT2D eigenvalue weighted by atomic mass is 32.1. The quantitative estimate of drug-likeness (QED) is 0.842. The summed E-state index contributed by atoms with van der Waals surface area (Å²) in [5, 5.41) is 4.48. The first-order chi connectivity index (χ1) is 8.81. The number of hydrogen-bond acceptors (Lipinski definition) is 4. The van der Waals surface area contributed by atoms with Crippen LogP contribution in [0.4, 0.5) is 5.13 Å². The van der Waals surface area contributed by atoms with E-state index in [1.165, 1.54) is 43.6 Å². The van der Waals surface area contributed by atoms with Crippen molar-refractivity contribution in [2.24, 2.45) is 11.8 Å². The van der Waals surface area contributed by atoms with Gasteiger partial charge in [0.05, 0.1) is 0 Å². The minimum Gasteiger partial charge on any atom is -0.360 e. The lowest BCUT2D eigenvalue weighted by Gasteiger charge is -2.27. The second-order valence-corrected chi connectivity index (χ2v) is 6.19. The zero-order valence-electron chi connectivity index (χ0n) is 11.6. The van der Waals surface area contributed by atoms with E-state index in [1.54, 1.807) is 0 Å². The number of hydrogen-bond donors (Lipinski definition) is 1. The Bertz CT molecular complexity index is 343. The zero-order chi connectivity index (χ0) is 12.8. The minimum atomic E-state index is 0.839. The molecule has 1 saturated carbocycles. The van der Waals surface area contributed by atoms with Crippen molar-refractivity contribution < 1.29 is 0 Å². The van der Waals surface area contributed by atoms with Crippen LogP contribution in [0.1, 0.15) is 58.2 Å². The van der Waals surface area contributed by atoms with E-state index in [0.29, 0.717) is 0 Å². The van der Waals surface area contributed by atoms with E-state index in [-0.39, 0.29) is 0 Å². The summed E-state index contributed by atoms with van der Waals surface area (Å²) in [4.78, 5) is 4.51. The van der Waals surface area contributed by atoms with Gasteiger partial charge in [0.1, 0.15) is 5.82 Å². The van der Waals surface area contributed by atoms with Gasteiger partial charge in [-0.05, 0) is 31.1 Å². The first-order valence-electron chi connectivity index (χ1n) is 7.38. The Hall–Kier alpha value is -0.640. The highest BCUT2D eigenvalue weighted by Crippen LogP contribution is 2.30. The molecule has 1 heterocycles. The highest BCUT2D eigenvalue weighted by molar-refractivity contribution is 7.09. The molecule has 0 atom stereocenters. The summed E-state index contributed by atoms with van der Waals surface area (Å²) in [6.45, 7) is 5.57. The lowest BCUT2D eigenvalue weighted by Crippen LogP contribution is -2.20. The Morgan fingerprint density at radius 1 is 1.17 bits per heavy atom. The molecule has 0 radical (unpaired) electrons. The average molecular weight is 267 g/mol. The summed E-state index contributed by atoms with van der Waals surface area (Å²) in [5.41, 5.74) is 0. The molecule has 0 unspecified atom stereocenters. The third-order valence-corrected chi connectivity index (χ3v) is 4.74. The normalized spacial score (nSPS) is 24.1. The van der Waals surface area contributed by atoms with Crippen LogP contribution < -0.4 is 5.32 Å². The van der Waals surface area contributed by atoms with Crippen LogP contribution in [0.5, 0.6) is 0 Å². The van der Waals surface area contributed by atoms with Gasteiger partial charge in [0.15, 0.2) is 0 Å². The molecule has 2 rings (SSSR count). The van der Waals surface area contributed by atoms with Crippen LogP contribution >= 0.6 is 11.5 Å². The molecule has 18 heavy (non-hydrogen) atoms. The molecule has 102 valence electrons. The van der Waals surface area contributed by atoms with Crippen LogP contribution in [-0.4, -0.2) is 15.9 Å². The van der Waals surface area contributed by atoms with Crippen LogP contribution in [0.15, 0.2) is 0 Å². The van der Waals surface area contributed by atoms with Crippen molar-refractivity contribution in [3.05, 3.63) is 5.82 Å². The molecule has 0 bridgehead atoms. The van der Waals surface area contributed by atoms with Gasteiger partial charge < -0.3 is 5.32 Å². The van der Waals surface area contributed by atoms with Crippen LogP contribution in [0.3, 0.4) is 0 Å². The Morgan fingerprint density at radius 3 is 2.56 bits per heavy atom. The molecular formula is C14H25N3S. The third-order valence-electron chi connectivity index (χ3n) is 4.03. The van der Waals surface area contributed by atoms with Crippen molar-refractivity contribution >= 4 is 16.7 Å². The molecule has 1 N–H and O–H groups in total. The Kier molecular flexibility index (Phi) is 5.42. The van der Waals surface area contributed by atoms with Gasteiger partial charge in [-0.1, -0.05) is 33.1 Å². The van der Waals surface area contributed by atoms with Crippen LogP contribution in [0, 0.1) is 11.8 Å². The molecule has 1 aromatic heterocycles. The second-order valence-electron chi connectivity index (χ2n) is 5.44. The largest absolute Gasteiger partial charge is 0.360 e. The minimum absolute atomic E-state index is 0.839. The van der Waals surface area contributed by atoms with Crippen molar-refractivity contribution in [2.75, 3.05) is 11.9 Å². The average Bonchev–Trinajstić information content (AvgIpc) is 2.85. The fourth-order valence-corrected chi connectivity index (χ4v) is 3.34. The van der Waals surface area contributed by atoms with E-state index in [4.69, 9.17) is 0 Å². The van der Waals surface area contributed by atoms with E-state index in [1.807, 2.05) is 0 Å². The number of aromatic nitrogens is 2. The first-order valence-corrected chi connectivity index (χ1v) is 8.15. The summed E-state index contributed by atoms with van der Waals surface area (Å²) in [6, 6.07) is 0. The maximum absolute atomic E-state index is 4.51. The third kappa shape index (κ3) is 3.94. The number of aryl methyl sites for hydroxylation is 1.